The summed E-state index contributed by atoms with van der Waals surface area (Å²) in [5.41, 5.74) is 7.67. The Morgan fingerprint density at radius 1 is 1.00 bits per heavy atom. The maximum absolute atomic E-state index is 13.3. The number of phenols is 1. The molecule has 2 aromatic carbocycles. The van der Waals surface area contributed by atoms with Gasteiger partial charge in [0.15, 0.2) is 0 Å². The van der Waals surface area contributed by atoms with Gasteiger partial charge < -0.3 is 10.8 Å². The largest absolute Gasteiger partial charge is 0.508 e. The standard InChI is InChI=1S/C17H21FN2O/c18-16-10-15(11-17(21)12-16)13-20(9-7-19)8-6-14-4-2-1-3-5-14/h1-5,10-12,21H,6-9,13,19H2. The Bertz CT molecular complexity index is 540. The van der Waals surface area contributed by atoms with Crippen molar-refractivity contribution in [3.8, 4) is 5.75 Å². The molecule has 0 bridgehead atoms. The van der Waals surface area contributed by atoms with Crippen molar-refractivity contribution in [2.24, 2.45) is 5.73 Å². The van der Waals surface area contributed by atoms with E-state index < -0.39 is 5.82 Å². The Morgan fingerprint density at radius 2 is 1.76 bits per heavy atom. The number of nitrogens with zero attached hydrogens (tertiary/aromatic N) is 1. The first kappa shape index (κ1) is 15.5. The average Bonchev–Trinajstić information content (AvgIpc) is 2.45. The van der Waals surface area contributed by atoms with Crippen LogP contribution in [-0.4, -0.2) is 29.6 Å². The molecule has 2 rings (SSSR count). The number of phenolic OH excluding ortho intramolecular Hbond substituents is 1. The van der Waals surface area contributed by atoms with E-state index in [9.17, 15) is 9.50 Å². The number of hydrogen-bond donors (Lipinski definition) is 2. The van der Waals surface area contributed by atoms with Crippen LogP contribution in [0.3, 0.4) is 0 Å². The minimum atomic E-state index is -0.416. The van der Waals surface area contributed by atoms with Crippen molar-refractivity contribution in [1.29, 1.82) is 0 Å². The zero-order chi connectivity index (χ0) is 15.1. The zero-order valence-corrected chi connectivity index (χ0v) is 12.0. The van der Waals surface area contributed by atoms with Gasteiger partial charge in [0.05, 0.1) is 0 Å². The van der Waals surface area contributed by atoms with Crippen LogP contribution in [0.15, 0.2) is 48.5 Å². The van der Waals surface area contributed by atoms with Crippen molar-refractivity contribution < 1.29 is 9.50 Å². The third-order valence-electron chi connectivity index (χ3n) is 3.35. The summed E-state index contributed by atoms with van der Waals surface area (Å²) in [7, 11) is 0. The highest BCUT2D eigenvalue weighted by Crippen LogP contribution is 2.16. The Labute approximate surface area is 124 Å². The van der Waals surface area contributed by atoms with Crippen LogP contribution in [-0.2, 0) is 13.0 Å². The van der Waals surface area contributed by atoms with Crippen molar-refractivity contribution >= 4 is 0 Å². The lowest BCUT2D eigenvalue weighted by Crippen LogP contribution is -2.31. The molecule has 2 aromatic rings. The Balaban J connectivity index is 1.98. The van der Waals surface area contributed by atoms with Gasteiger partial charge in [-0.15, -0.1) is 0 Å². The van der Waals surface area contributed by atoms with E-state index in [1.54, 1.807) is 6.07 Å². The molecule has 3 N–H and O–H groups in total. The fraction of sp³-hybridized carbons (Fsp3) is 0.294. The summed E-state index contributed by atoms with van der Waals surface area (Å²) in [6.45, 7) is 2.72. The molecule has 0 saturated carbocycles. The van der Waals surface area contributed by atoms with E-state index in [0.717, 1.165) is 31.1 Å². The molecule has 0 radical (unpaired) electrons. The van der Waals surface area contributed by atoms with Crippen LogP contribution in [0, 0.1) is 5.82 Å². The second kappa shape index (κ2) is 7.76. The molecule has 0 aliphatic heterocycles. The normalized spacial score (nSPS) is 11.0. The first-order valence-electron chi connectivity index (χ1n) is 7.12. The van der Waals surface area contributed by atoms with Gasteiger partial charge in [-0.3, -0.25) is 4.90 Å². The fourth-order valence-corrected chi connectivity index (χ4v) is 2.37. The molecule has 3 nitrogen and oxygen atoms in total. The monoisotopic (exact) mass is 288 g/mol. The summed E-state index contributed by atoms with van der Waals surface area (Å²) >= 11 is 0. The van der Waals surface area contributed by atoms with Crippen molar-refractivity contribution in [1.82, 2.24) is 4.90 Å². The lowest BCUT2D eigenvalue weighted by Gasteiger charge is -2.22. The average molecular weight is 288 g/mol. The Hall–Kier alpha value is -1.91. The maximum Gasteiger partial charge on any atom is 0.127 e. The van der Waals surface area contributed by atoms with E-state index in [-0.39, 0.29) is 5.75 Å². The Morgan fingerprint density at radius 3 is 2.43 bits per heavy atom. The number of rotatable bonds is 7. The van der Waals surface area contributed by atoms with E-state index in [1.165, 1.54) is 11.6 Å². The minimum Gasteiger partial charge on any atom is -0.508 e. The molecule has 112 valence electrons. The maximum atomic E-state index is 13.3. The van der Waals surface area contributed by atoms with E-state index in [0.29, 0.717) is 13.1 Å². The summed E-state index contributed by atoms with van der Waals surface area (Å²) in [5, 5.41) is 9.46. The lowest BCUT2D eigenvalue weighted by atomic mass is 10.1. The van der Waals surface area contributed by atoms with Crippen LogP contribution in [0.25, 0.3) is 0 Å². The van der Waals surface area contributed by atoms with Crippen LogP contribution in [0.2, 0.25) is 0 Å². The Kier molecular flexibility index (Phi) is 5.72. The molecule has 0 fully saturated rings. The van der Waals surface area contributed by atoms with Gasteiger partial charge in [-0.1, -0.05) is 30.3 Å². The molecule has 0 amide bonds. The molecular formula is C17H21FN2O. The van der Waals surface area contributed by atoms with Crippen LogP contribution in [0.5, 0.6) is 5.75 Å². The summed E-state index contributed by atoms with van der Waals surface area (Å²) in [4.78, 5) is 2.17. The van der Waals surface area contributed by atoms with Gasteiger partial charge >= 0.3 is 0 Å². The molecule has 0 saturated heterocycles. The van der Waals surface area contributed by atoms with E-state index >= 15 is 0 Å². The molecular weight excluding hydrogens is 267 g/mol. The molecule has 0 unspecified atom stereocenters. The predicted molar refractivity (Wildman–Crippen MR) is 82.5 cm³/mol. The number of benzene rings is 2. The van der Waals surface area contributed by atoms with Crippen LogP contribution in [0.1, 0.15) is 11.1 Å². The first-order chi connectivity index (χ1) is 10.2. The highest BCUT2D eigenvalue weighted by molar-refractivity contribution is 5.28. The van der Waals surface area contributed by atoms with E-state index in [2.05, 4.69) is 17.0 Å². The number of hydrogen-bond acceptors (Lipinski definition) is 3. The molecule has 0 aliphatic rings. The SMILES string of the molecule is NCCN(CCc1ccccc1)Cc1cc(O)cc(F)c1. The van der Waals surface area contributed by atoms with Crippen molar-refractivity contribution in [2.75, 3.05) is 19.6 Å². The van der Waals surface area contributed by atoms with Gasteiger partial charge in [-0.2, -0.15) is 0 Å². The quantitative estimate of drug-likeness (QED) is 0.823. The summed E-state index contributed by atoms with van der Waals surface area (Å²) in [5.74, 6) is -0.457. The van der Waals surface area contributed by atoms with Gasteiger partial charge in [-0.25, -0.2) is 4.39 Å². The van der Waals surface area contributed by atoms with Crippen molar-refractivity contribution in [3.05, 3.63) is 65.5 Å². The zero-order valence-electron chi connectivity index (χ0n) is 12.0. The van der Waals surface area contributed by atoms with Crippen molar-refractivity contribution in [3.63, 3.8) is 0 Å². The summed E-state index contributed by atoms with van der Waals surface area (Å²) in [6.07, 6.45) is 0.919. The predicted octanol–water partition coefficient (Wildman–Crippen LogP) is 2.53. The molecule has 0 spiro atoms. The van der Waals surface area contributed by atoms with Gasteiger partial charge in [0.2, 0.25) is 0 Å². The second-order valence-electron chi connectivity index (χ2n) is 5.12. The third kappa shape index (κ3) is 5.17. The molecule has 4 heteroatoms. The van der Waals surface area contributed by atoms with Gasteiger partial charge in [0.1, 0.15) is 11.6 Å². The fourth-order valence-electron chi connectivity index (χ4n) is 2.37. The third-order valence-corrected chi connectivity index (χ3v) is 3.35. The van der Waals surface area contributed by atoms with Crippen LogP contribution in [0.4, 0.5) is 4.39 Å². The molecule has 0 atom stereocenters. The summed E-state index contributed by atoms with van der Waals surface area (Å²) in [6, 6.07) is 14.4. The topological polar surface area (TPSA) is 49.5 Å². The van der Waals surface area contributed by atoms with E-state index in [1.807, 2.05) is 18.2 Å². The minimum absolute atomic E-state index is 0.0410. The molecule has 0 heterocycles. The number of aromatic hydroxyl groups is 1. The van der Waals surface area contributed by atoms with Gasteiger partial charge in [0.25, 0.3) is 0 Å². The number of halogens is 1. The van der Waals surface area contributed by atoms with Crippen molar-refractivity contribution in [2.45, 2.75) is 13.0 Å². The second-order valence-corrected chi connectivity index (χ2v) is 5.12. The lowest BCUT2D eigenvalue weighted by molar-refractivity contribution is 0.275. The molecule has 21 heavy (non-hydrogen) atoms. The smallest absolute Gasteiger partial charge is 0.127 e. The van der Waals surface area contributed by atoms with E-state index in [4.69, 9.17) is 5.73 Å². The van der Waals surface area contributed by atoms with Gasteiger partial charge in [-0.05, 0) is 29.7 Å². The highest BCUT2D eigenvalue weighted by Gasteiger charge is 2.08. The van der Waals surface area contributed by atoms with Crippen LogP contribution >= 0.6 is 0 Å². The van der Waals surface area contributed by atoms with Crippen LogP contribution < -0.4 is 5.73 Å². The number of nitrogens with two attached hydrogens (primary N) is 1. The molecule has 0 aromatic heterocycles. The first-order valence-corrected chi connectivity index (χ1v) is 7.12. The molecule has 0 aliphatic carbocycles. The highest BCUT2D eigenvalue weighted by atomic mass is 19.1. The van der Waals surface area contributed by atoms with Gasteiger partial charge in [0, 0.05) is 32.2 Å². The summed E-state index contributed by atoms with van der Waals surface area (Å²) < 4.78 is 13.3.